The van der Waals surface area contributed by atoms with Crippen LogP contribution in [0.3, 0.4) is 0 Å². The van der Waals surface area contributed by atoms with Gasteiger partial charge in [-0.25, -0.2) is 13.1 Å². The number of nitriles is 1. The number of nitrogens with zero attached hydrogens (tertiary/aromatic N) is 1. The molecule has 3 N–H and O–H groups in total. The molecule has 0 aliphatic rings. The fraction of sp³-hybridized carbons (Fsp3) is 0.462. The van der Waals surface area contributed by atoms with Gasteiger partial charge in [-0.2, -0.15) is 5.26 Å². The third-order valence-corrected chi connectivity index (χ3v) is 4.63. The molecule has 1 atom stereocenters. The SMILES string of the molecule is CC(C)C(C)CNS(=O)(=O)c1ccc(N)cc1C#N. The minimum Gasteiger partial charge on any atom is -0.399 e. The van der Waals surface area contributed by atoms with Crippen molar-refractivity contribution in [3.63, 3.8) is 0 Å². The number of hydrogen-bond acceptors (Lipinski definition) is 4. The van der Waals surface area contributed by atoms with E-state index in [2.05, 4.69) is 4.72 Å². The first-order valence-electron chi connectivity index (χ1n) is 6.07. The highest BCUT2D eigenvalue weighted by molar-refractivity contribution is 7.89. The molecular weight excluding hydrogens is 262 g/mol. The Morgan fingerprint density at radius 2 is 2.00 bits per heavy atom. The van der Waals surface area contributed by atoms with Crippen molar-refractivity contribution in [1.29, 1.82) is 5.26 Å². The zero-order chi connectivity index (χ0) is 14.6. The molecule has 5 nitrogen and oxygen atoms in total. The quantitative estimate of drug-likeness (QED) is 0.803. The minimum absolute atomic E-state index is 0.0276. The van der Waals surface area contributed by atoms with Crippen LogP contribution in [0, 0.1) is 23.2 Å². The van der Waals surface area contributed by atoms with Gasteiger partial charge in [0, 0.05) is 12.2 Å². The number of anilines is 1. The van der Waals surface area contributed by atoms with Crippen molar-refractivity contribution in [2.45, 2.75) is 25.7 Å². The summed E-state index contributed by atoms with van der Waals surface area (Å²) < 4.78 is 26.8. The van der Waals surface area contributed by atoms with Gasteiger partial charge in [-0.3, -0.25) is 0 Å². The summed E-state index contributed by atoms with van der Waals surface area (Å²) in [6, 6.07) is 6.05. The standard InChI is InChI=1S/C13H19N3O2S/c1-9(2)10(3)8-16-19(17,18)13-5-4-12(15)6-11(13)7-14/h4-6,9-10,16H,8,15H2,1-3H3. The molecule has 19 heavy (non-hydrogen) atoms. The lowest BCUT2D eigenvalue weighted by Gasteiger charge is -2.16. The van der Waals surface area contributed by atoms with Gasteiger partial charge < -0.3 is 5.73 Å². The van der Waals surface area contributed by atoms with Crippen molar-refractivity contribution in [2.24, 2.45) is 11.8 Å². The van der Waals surface area contributed by atoms with Crippen LogP contribution in [0.5, 0.6) is 0 Å². The summed E-state index contributed by atoms with van der Waals surface area (Å²) in [5.74, 6) is 0.596. The molecule has 0 bridgehead atoms. The lowest BCUT2D eigenvalue weighted by molar-refractivity contribution is 0.414. The molecule has 1 aromatic carbocycles. The van der Waals surface area contributed by atoms with Gasteiger partial charge in [0.2, 0.25) is 10.0 Å². The van der Waals surface area contributed by atoms with Crippen LogP contribution in [0.1, 0.15) is 26.3 Å². The van der Waals surface area contributed by atoms with Gasteiger partial charge in [0.25, 0.3) is 0 Å². The Bertz CT molecular complexity index is 588. The van der Waals surface area contributed by atoms with Gasteiger partial charge in [0.05, 0.1) is 10.5 Å². The molecule has 0 radical (unpaired) electrons. The van der Waals surface area contributed by atoms with E-state index in [9.17, 15) is 8.42 Å². The Kier molecular flexibility index (Phi) is 4.92. The lowest BCUT2D eigenvalue weighted by Crippen LogP contribution is -2.30. The van der Waals surface area contributed by atoms with Crippen molar-refractivity contribution in [3.8, 4) is 6.07 Å². The molecule has 0 aliphatic carbocycles. The lowest BCUT2D eigenvalue weighted by atomic mass is 9.99. The predicted octanol–water partition coefficient (Wildman–Crippen LogP) is 1.71. The molecule has 0 heterocycles. The normalized spacial score (nSPS) is 13.2. The van der Waals surface area contributed by atoms with Crippen LogP contribution in [0.2, 0.25) is 0 Å². The second-order valence-corrected chi connectivity index (χ2v) is 6.68. The minimum atomic E-state index is -3.68. The van der Waals surface area contributed by atoms with E-state index in [0.717, 1.165) is 0 Å². The summed E-state index contributed by atoms with van der Waals surface area (Å²) in [5, 5.41) is 8.97. The number of sulfonamides is 1. The summed E-state index contributed by atoms with van der Waals surface area (Å²) >= 11 is 0. The first kappa shape index (κ1) is 15.5. The second kappa shape index (κ2) is 6.04. The van der Waals surface area contributed by atoms with Gasteiger partial charge in [0.15, 0.2) is 0 Å². The van der Waals surface area contributed by atoms with Crippen LogP contribution in [0.4, 0.5) is 5.69 Å². The smallest absolute Gasteiger partial charge is 0.241 e. The number of nitrogens with two attached hydrogens (primary N) is 1. The third kappa shape index (κ3) is 3.94. The number of rotatable bonds is 5. The number of benzene rings is 1. The van der Waals surface area contributed by atoms with Crippen molar-refractivity contribution in [1.82, 2.24) is 4.72 Å². The van der Waals surface area contributed by atoms with Crippen molar-refractivity contribution >= 4 is 15.7 Å². The van der Waals surface area contributed by atoms with E-state index in [1.54, 1.807) is 0 Å². The van der Waals surface area contributed by atoms with Crippen LogP contribution in [-0.2, 0) is 10.0 Å². The number of nitrogens with one attached hydrogen (secondary N) is 1. The van der Waals surface area contributed by atoms with E-state index in [1.807, 2.05) is 26.8 Å². The summed E-state index contributed by atoms with van der Waals surface area (Å²) in [4.78, 5) is -0.0276. The van der Waals surface area contributed by atoms with Gasteiger partial charge >= 0.3 is 0 Å². The van der Waals surface area contributed by atoms with Crippen LogP contribution < -0.4 is 10.5 Å². The first-order valence-corrected chi connectivity index (χ1v) is 7.55. The molecule has 0 fully saturated rings. The summed E-state index contributed by atoms with van der Waals surface area (Å²) in [7, 11) is -3.68. The van der Waals surface area contributed by atoms with E-state index >= 15 is 0 Å². The summed E-state index contributed by atoms with van der Waals surface area (Å²) in [5.41, 5.74) is 5.97. The highest BCUT2D eigenvalue weighted by Crippen LogP contribution is 2.18. The Morgan fingerprint density at radius 3 is 2.53 bits per heavy atom. The Labute approximate surface area is 114 Å². The fourth-order valence-corrected chi connectivity index (χ4v) is 2.70. The number of nitrogen functional groups attached to an aromatic ring is 1. The molecule has 1 rings (SSSR count). The van der Waals surface area contributed by atoms with Gasteiger partial charge in [-0.15, -0.1) is 0 Å². The van der Waals surface area contributed by atoms with E-state index in [0.29, 0.717) is 18.2 Å². The molecule has 0 amide bonds. The Hall–Kier alpha value is -1.58. The Morgan fingerprint density at radius 1 is 1.37 bits per heavy atom. The molecule has 0 saturated carbocycles. The van der Waals surface area contributed by atoms with Crippen molar-refractivity contribution < 1.29 is 8.42 Å². The van der Waals surface area contributed by atoms with E-state index in [-0.39, 0.29) is 16.4 Å². The number of hydrogen-bond donors (Lipinski definition) is 2. The average molecular weight is 281 g/mol. The third-order valence-electron chi connectivity index (χ3n) is 3.15. The fourth-order valence-electron chi connectivity index (χ4n) is 1.42. The molecule has 1 aromatic rings. The van der Waals surface area contributed by atoms with Gasteiger partial charge in [-0.1, -0.05) is 20.8 Å². The molecule has 6 heteroatoms. The van der Waals surface area contributed by atoms with E-state index < -0.39 is 10.0 Å². The van der Waals surface area contributed by atoms with Crippen LogP contribution in [-0.4, -0.2) is 15.0 Å². The summed E-state index contributed by atoms with van der Waals surface area (Å²) in [6.07, 6.45) is 0. The zero-order valence-electron chi connectivity index (χ0n) is 11.3. The molecular formula is C13H19N3O2S. The molecule has 0 spiro atoms. The largest absolute Gasteiger partial charge is 0.399 e. The molecule has 0 aliphatic heterocycles. The van der Waals surface area contributed by atoms with E-state index in [4.69, 9.17) is 11.0 Å². The molecule has 1 unspecified atom stereocenters. The molecule has 104 valence electrons. The second-order valence-electron chi connectivity index (χ2n) is 4.94. The van der Waals surface area contributed by atoms with Crippen molar-refractivity contribution in [2.75, 3.05) is 12.3 Å². The van der Waals surface area contributed by atoms with Crippen LogP contribution in [0.15, 0.2) is 23.1 Å². The maximum Gasteiger partial charge on any atom is 0.241 e. The van der Waals surface area contributed by atoms with Crippen LogP contribution in [0.25, 0.3) is 0 Å². The Balaban J connectivity index is 2.99. The topological polar surface area (TPSA) is 96.0 Å². The highest BCUT2D eigenvalue weighted by atomic mass is 32.2. The molecule has 0 aromatic heterocycles. The van der Waals surface area contributed by atoms with Crippen LogP contribution >= 0.6 is 0 Å². The monoisotopic (exact) mass is 281 g/mol. The zero-order valence-corrected chi connectivity index (χ0v) is 12.2. The average Bonchev–Trinajstić information content (AvgIpc) is 2.35. The predicted molar refractivity (Wildman–Crippen MR) is 74.8 cm³/mol. The highest BCUT2D eigenvalue weighted by Gasteiger charge is 2.20. The maximum atomic E-state index is 12.1. The van der Waals surface area contributed by atoms with Gasteiger partial charge in [-0.05, 0) is 30.0 Å². The summed E-state index contributed by atoms with van der Waals surface area (Å²) in [6.45, 7) is 6.38. The maximum absolute atomic E-state index is 12.1. The molecule has 0 saturated heterocycles. The van der Waals surface area contributed by atoms with Gasteiger partial charge in [0.1, 0.15) is 6.07 Å². The first-order chi connectivity index (χ1) is 8.77. The van der Waals surface area contributed by atoms with E-state index in [1.165, 1.54) is 18.2 Å². The van der Waals surface area contributed by atoms with Crippen molar-refractivity contribution in [3.05, 3.63) is 23.8 Å².